The second kappa shape index (κ2) is 6.62. The van der Waals surface area contributed by atoms with Gasteiger partial charge >= 0.3 is 0 Å². The zero-order valence-electron chi connectivity index (χ0n) is 9.24. The van der Waals surface area contributed by atoms with Gasteiger partial charge < -0.3 is 4.74 Å². The average molecular weight is 229 g/mol. The van der Waals surface area contributed by atoms with Crippen LogP contribution in [0.2, 0.25) is 0 Å². The Bertz CT molecular complexity index is 292. The topological polar surface area (TPSA) is 35.0 Å². The van der Waals surface area contributed by atoms with Crippen molar-refractivity contribution in [3.63, 3.8) is 0 Å². The summed E-state index contributed by atoms with van der Waals surface area (Å²) in [5, 5.41) is 0. The van der Waals surface area contributed by atoms with Crippen LogP contribution in [-0.2, 0) is 5.88 Å². The van der Waals surface area contributed by atoms with Gasteiger partial charge in [0.2, 0.25) is 5.88 Å². The zero-order chi connectivity index (χ0) is 11.1. The van der Waals surface area contributed by atoms with Crippen LogP contribution < -0.4 is 4.74 Å². The summed E-state index contributed by atoms with van der Waals surface area (Å²) in [5.74, 6) is 1.65. The highest BCUT2D eigenvalue weighted by Gasteiger charge is 1.99. The summed E-state index contributed by atoms with van der Waals surface area (Å²) in [6.45, 7) is 5.10. The Labute approximate surface area is 95.8 Å². The molecule has 0 aliphatic heterocycles. The molecule has 15 heavy (non-hydrogen) atoms. The van der Waals surface area contributed by atoms with Crippen molar-refractivity contribution < 1.29 is 4.74 Å². The molecule has 0 N–H and O–H groups in total. The molecule has 0 fully saturated rings. The van der Waals surface area contributed by atoms with Gasteiger partial charge in [0.05, 0.1) is 24.4 Å². The first-order valence-corrected chi connectivity index (χ1v) is 5.75. The Morgan fingerprint density at radius 3 is 2.87 bits per heavy atom. The Balaban J connectivity index is 2.30. The van der Waals surface area contributed by atoms with Crippen molar-refractivity contribution in [1.82, 2.24) is 9.97 Å². The lowest BCUT2D eigenvalue weighted by Crippen LogP contribution is -2.02. The lowest BCUT2D eigenvalue weighted by Gasteiger charge is -2.06. The number of hydrogen-bond donors (Lipinski definition) is 0. The predicted octanol–water partition coefficient (Wildman–Crippen LogP) is 3.03. The fourth-order valence-corrected chi connectivity index (χ4v) is 1.32. The van der Waals surface area contributed by atoms with Gasteiger partial charge in [0, 0.05) is 6.20 Å². The summed E-state index contributed by atoms with van der Waals surface area (Å²) in [6, 6.07) is 0. The van der Waals surface area contributed by atoms with E-state index in [-0.39, 0.29) is 0 Å². The molecule has 3 nitrogen and oxygen atoms in total. The first-order chi connectivity index (χ1) is 7.22. The van der Waals surface area contributed by atoms with Gasteiger partial charge in [0.25, 0.3) is 0 Å². The van der Waals surface area contributed by atoms with Crippen LogP contribution in [0.1, 0.15) is 32.4 Å². The molecule has 1 aromatic rings. The van der Waals surface area contributed by atoms with Gasteiger partial charge in [-0.15, -0.1) is 11.6 Å². The van der Waals surface area contributed by atoms with E-state index in [1.54, 1.807) is 12.4 Å². The molecule has 0 saturated carbocycles. The maximum atomic E-state index is 5.64. The van der Waals surface area contributed by atoms with E-state index in [1.807, 2.05) is 0 Å². The molecule has 0 atom stereocenters. The van der Waals surface area contributed by atoms with Gasteiger partial charge in [-0.2, -0.15) is 0 Å². The van der Waals surface area contributed by atoms with E-state index < -0.39 is 0 Å². The predicted molar refractivity (Wildman–Crippen MR) is 61.2 cm³/mol. The van der Waals surface area contributed by atoms with Crippen molar-refractivity contribution in [1.29, 1.82) is 0 Å². The van der Waals surface area contributed by atoms with E-state index in [0.29, 0.717) is 24.3 Å². The average Bonchev–Trinajstić information content (AvgIpc) is 2.24. The fraction of sp³-hybridized carbons (Fsp3) is 0.636. The van der Waals surface area contributed by atoms with Crippen LogP contribution in [-0.4, -0.2) is 16.6 Å². The molecule has 0 bridgehead atoms. The third-order valence-corrected chi connectivity index (χ3v) is 2.25. The molecule has 0 unspecified atom stereocenters. The van der Waals surface area contributed by atoms with E-state index in [4.69, 9.17) is 16.3 Å². The van der Waals surface area contributed by atoms with E-state index in [0.717, 1.165) is 12.1 Å². The quantitative estimate of drug-likeness (QED) is 0.555. The first kappa shape index (κ1) is 12.2. The van der Waals surface area contributed by atoms with Crippen molar-refractivity contribution in [2.75, 3.05) is 6.61 Å². The Morgan fingerprint density at radius 1 is 1.40 bits per heavy atom. The maximum absolute atomic E-state index is 5.64. The SMILES string of the molecule is CC(C)CCCOc1cncc(CCl)n1. The number of aromatic nitrogens is 2. The third kappa shape index (κ3) is 4.98. The molecule has 0 amide bonds. The molecule has 0 radical (unpaired) electrons. The van der Waals surface area contributed by atoms with Gasteiger partial charge in [-0.05, 0) is 18.8 Å². The van der Waals surface area contributed by atoms with Crippen LogP contribution in [0.5, 0.6) is 5.88 Å². The van der Waals surface area contributed by atoms with E-state index in [2.05, 4.69) is 23.8 Å². The van der Waals surface area contributed by atoms with Crippen LogP contribution >= 0.6 is 11.6 Å². The number of halogens is 1. The number of ether oxygens (including phenoxy) is 1. The fourth-order valence-electron chi connectivity index (χ4n) is 1.19. The minimum atomic E-state index is 0.371. The highest BCUT2D eigenvalue weighted by molar-refractivity contribution is 6.16. The van der Waals surface area contributed by atoms with Crippen molar-refractivity contribution in [3.8, 4) is 5.88 Å². The van der Waals surface area contributed by atoms with Crippen molar-refractivity contribution in [2.45, 2.75) is 32.6 Å². The van der Waals surface area contributed by atoms with Gasteiger partial charge in [-0.3, -0.25) is 4.98 Å². The lowest BCUT2D eigenvalue weighted by atomic mass is 10.1. The van der Waals surface area contributed by atoms with Gasteiger partial charge in [-0.1, -0.05) is 13.8 Å². The molecule has 0 saturated heterocycles. The summed E-state index contributed by atoms with van der Waals surface area (Å²) in [6.07, 6.45) is 5.48. The number of rotatable bonds is 6. The van der Waals surface area contributed by atoms with Crippen LogP contribution in [0.4, 0.5) is 0 Å². The number of alkyl halides is 1. The van der Waals surface area contributed by atoms with Gasteiger partial charge in [0.15, 0.2) is 0 Å². The molecule has 4 heteroatoms. The molecular weight excluding hydrogens is 212 g/mol. The van der Waals surface area contributed by atoms with Crippen LogP contribution in [0.15, 0.2) is 12.4 Å². The lowest BCUT2D eigenvalue weighted by molar-refractivity contribution is 0.285. The molecule has 84 valence electrons. The molecular formula is C11H17ClN2O. The molecule has 1 rings (SSSR count). The van der Waals surface area contributed by atoms with Crippen LogP contribution in [0.25, 0.3) is 0 Å². The Kier molecular flexibility index (Phi) is 5.40. The molecule has 0 aromatic carbocycles. The van der Waals surface area contributed by atoms with Crippen LogP contribution in [0.3, 0.4) is 0 Å². The maximum Gasteiger partial charge on any atom is 0.232 e. The second-order valence-electron chi connectivity index (χ2n) is 3.87. The Hall–Kier alpha value is -0.830. The molecule has 0 spiro atoms. The number of hydrogen-bond acceptors (Lipinski definition) is 3. The monoisotopic (exact) mass is 228 g/mol. The molecule has 0 aliphatic carbocycles. The van der Waals surface area contributed by atoms with Gasteiger partial charge in [-0.25, -0.2) is 4.98 Å². The van der Waals surface area contributed by atoms with Crippen molar-refractivity contribution >= 4 is 11.6 Å². The highest BCUT2D eigenvalue weighted by Crippen LogP contribution is 2.09. The molecule has 1 heterocycles. The Morgan fingerprint density at radius 2 is 2.20 bits per heavy atom. The zero-order valence-corrected chi connectivity index (χ0v) is 10.00. The van der Waals surface area contributed by atoms with E-state index >= 15 is 0 Å². The first-order valence-electron chi connectivity index (χ1n) is 5.22. The molecule has 0 aliphatic rings. The summed E-state index contributed by atoms with van der Waals surface area (Å²) < 4.78 is 5.47. The van der Waals surface area contributed by atoms with Crippen molar-refractivity contribution in [3.05, 3.63) is 18.1 Å². The summed E-state index contributed by atoms with van der Waals surface area (Å²) in [7, 11) is 0. The minimum absolute atomic E-state index is 0.371. The summed E-state index contributed by atoms with van der Waals surface area (Å²) in [4.78, 5) is 8.19. The largest absolute Gasteiger partial charge is 0.477 e. The second-order valence-corrected chi connectivity index (χ2v) is 4.13. The number of nitrogens with zero attached hydrogens (tertiary/aromatic N) is 2. The van der Waals surface area contributed by atoms with E-state index in [1.165, 1.54) is 6.42 Å². The highest BCUT2D eigenvalue weighted by atomic mass is 35.5. The van der Waals surface area contributed by atoms with Crippen molar-refractivity contribution in [2.24, 2.45) is 5.92 Å². The van der Waals surface area contributed by atoms with Gasteiger partial charge in [0.1, 0.15) is 0 Å². The normalized spacial score (nSPS) is 10.7. The van der Waals surface area contributed by atoms with Crippen LogP contribution in [0, 0.1) is 5.92 Å². The third-order valence-electron chi connectivity index (χ3n) is 1.98. The van der Waals surface area contributed by atoms with E-state index in [9.17, 15) is 0 Å². The minimum Gasteiger partial charge on any atom is -0.477 e. The smallest absolute Gasteiger partial charge is 0.232 e. The summed E-state index contributed by atoms with van der Waals surface area (Å²) >= 11 is 5.64. The standard InChI is InChI=1S/C11H17ClN2O/c1-9(2)4-3-5-15-11-8-13-7-10(6-12)14-11/h7-9H,3-6H2,1-2H3. The molecule has 1 aromatic heterocycles. The summed E-state index contributed by atoms with van der Waals surface area (Å²) in [5.41, 5.74) is 0.748.